The van der Waals surface area contributed by atoms with Crippen molar-refractivity contribution in [1.82, 2.24) is 4.90 Å². The smallest absolute Gasteiger partial charge is 0.123 e. The summed E-state index contributed by atoms with van der Waals surface area (Å²) in [5, 5.41) is 0. The third kappa shape index (κ3) is 3.36. The third-order valence-corrected chi connectivity index (χ3v) is 4.83. The van der Waals surface area contributed by atoms with E-state index in [1.165, 1.54) is 18.9 Å². The first-order valence-corrected chi connectivity index (χ1v) is 7.73. The number of hydrogen-bond acceptors (Lipinski definition) is 2. The zero-order valence-corrected chi connectivity index (χ0v) is 13.2. The Hall–Kier alpha value is -0.450. The Morgan fingerprint density at radius 2 is 2.16 bits per heavy atom. The summed E-state index contributed by atoms with van der Waals surface area (Å²) in [6.45, 7) is 6.06. The number of hydrogen-bond donors (Lipinski definition) is 1. The second-order valence-corrected chi connectivity index (χ2v) is 6.50. The highest BCUT2D eigenvalue weighted by Gasteiger charge is 2.30. The average Bonchev–Trinajstić information content (AvgIpc) is 2.38. The van der Waals surface area contributed by atoms with Gasteiger partial charge in [-0.15, -0.1) is 0 Å². The van der Waals surface area contributed by atoms with Gasteiger partial charge in [0.1, 0.15) is 5.82 Å². The van der Waals surface area contributed by atoms with Crippen molar-refractivity contribution in [3.8, 4) is 0 Å². The number of nitrogens with two attached hydrogens (primary N) is 1. The zero-order valence-electron chi connectivity index (χ0n) is 11.6. The molecule has 2 nitrogen and oxygen atoms in total. The van der Waals surface area contributed by atoms with Crippen LogP contribution in [0.25, 0.3) is 0 Å². The fourth-order valence-corrected chi connectivity index (χ4v) is 3.48. The van der Waals surface area contributed by atoms with Crippen LogP contribution in [0.3, 0.4) is 0 Å². The molecule has 0 saturated carbocycles. The van der Waals surface area contributed by atoms with Crippen molar-refractivity contribution in [3.63, 3.8) is 0 Å². The van der Waals surface area contributed by atoms with Gasteiger partial charge in [-0.2, -0.15) is 0 Å². The predicted octanol–water partition coefficient (Wildman–Crippen LogP) is 3.71. The van der Waals surface area contributed by atoms with E-state index in [2.05, 4.69) is 34.7 Å². The van der Waals surface area contributed by atoms with E-state index >= 15 is 0 Å². The van der Waals surface area contributed by atoms with E-state index in [1.54, 1.807) is 12.1 Å². The van der Waals surface area contributed by atoms with Crippen LogP contribution in [-0.2, 0) is 0 Å². The molecule has 4 heteroatoms. The van der Waals surface area contributed by atoms with E-state index < -0.39 is 0 Å². The van der Waals surface area contributed by atoms with Crippen LogP contribution < -0.4 is 5.73 Å². The molecule has 3 unspecified atom stereocenters. The summed E-state index contributed by atoms with van der Waals surface area (Å²) in [7, 11) is 0. The Morgan fingerprint density at radius 1 is 1.42 bits per heavy atom. The van der Waals surface area contributed by atoms with E-state index in [1.807, 2.05) is 0 Å². The fraction of sp³-hybridized carbons (Fsp3) is 0.600. The van der Waals surface area contributed by atoms with Gasteiger partial charge in [0.15, 0.2) is 0 Å². The van der Waals surface area contributed by atoms with Crippen molar-refractivity contribution in [1.29, 1.82) is 0 Å². The third-order valence-electron chi connectivity index (χ3n) is 4.11. The van der Waals surface area contributed by atoms with Crippen LogP contribution in [0.1, 0.15) is 38.3 Å². The number of halogens is 2. The van der Waals surface area contributed by atoms with E-state index in [4.69, 9.17) is 5.73 Å². The maximum atomic E-state index is 13.5. The standard InChI is InChI=1S/C15H22BrFN2/c1-10-3-4-11(2)19(9-10)15(8-18)13-7-12(17)5-6-14(13)16/h5-7,10-11,15H,3-4,8-9,18H2,1-2H3. The van der Waals surface area contributed by atoms with Gasteiger partial charge in [-0.3, -0.25) is 4.90 Å². The van der Waals surface area contributed by atoms with Crippen molar-refractivity contribution in [2.24, 2.45) is 11.7 Å². The largest absolute Gasteiger partial charge is 0.329 e. The highest BCUT2D eigenvalue weighted by molar-refractivity contribution is 9.10. The first-order valence-electron chi connectivity index (χ1n) is 6.93. The topological polar surface area (TPSA) is 29.3 Å². The van der Waals surface area contributed by atoms with Gasteiger partial charge in [-0.25, -0.2) is 4.39 Å². The van der Waals surface area contributed by atoms with Gasteiger partial charge < -0.3 is 5.73 Å². The van der Waals surface area contributed by atoms with Crippen molar-refractivity contribution < 1.29 is 4.39 Å². The molecule has 2 rings (SSSR count). The average molecular weight is 329 g/mol. The predicted molar refractivity (Wildman–Crippen MR) is 80.5 cm³/mol. The Balaban J connectivity index is 2.30. The Morgan fingerprint density at radius 3 is 2.84 bits per heavy atom. The molecule has 2 N–H and O–H groups in total. The monoisotopic (exact) mass is 328 g/mol. The summed E-state index contributed by atoms with van der Waals surface area (Å²) in [4.78, 5) is 2.42. The van der Waals surface area contributed by atoms with Crippen molar-refractivity contribution in [2.45, 2.75) is 38.8 Å². The molecule has 1 saturated heterocycles. The number of likely N-dealkylation sites (tertiary alicyclic amines) is 1. The van der Waals surface area contributed by atoms with Crippen molar-refractivity contribution >= 4 is 15.9 Å². The molecule has 1 aliphatic rings. The number of benzene rings is 1. The van der Waals surface area contributed by atoms with E-state index in [9.17, 15) is 4.39 Å². The van der Waals surface area contributed by atoms with Gasteiger partial charge in [0.2, 0.25) is 0 Å². The molecule has 0 bridgehead atoms. The van der Waals surface area contributed by atoms with Gasteiger partial charge in [0, 0.05) is 29.6 Å². The summed E-state index contributed by atoms with van der Waals surface area (Å²) in [5.41, 5.74) is 6.94. The van der Waals surface area contributed by atoms with Crippen LogP contribution in [0.4, 0.5) is 4.39 Å². The van der Waals surface area contributed by atoms with Crippen LogP contribution in [0.5, 0.6) is 0 Å². The summed E-state index contributed by atoms with van der Waals surface area (Å²) < 4.78 is 14.4. The van der Waals surface area contributed by atoms with Gasteiger partial charge in [0.25, 0.3) is 0 Å². The second kappa shape index (κ2) is 6.33. The molecule has 1 fully saturated rings. The maximum absolute atomic E-state index is 13.5. The highest BCUT2D eigenvalue weighted by atomic mass is 79.9. The van der Waals surface area contributed by atoms with Crippen molar-refractivity contribution in [2.75, 3.05) is 13.1 Å². The minimum absolute atomic E-state index is 0.0859. The Labute approximate surface area is 123 Å². The number of piperidine rings is 1. The molecule has 106 valence electrons. The lowest BCUT2D eigenvalue weighted by Gasteiger charge is -2.42. The minimum Gasteiger partial charge on any atom is -0.329 e. The molecule has 1 aliphatic heterocycles. The van der Waals surface area contributed by atoms with Crippen LogP contribution in [-0.4, -0.2) is 24.0 Å². The van der Waals surface area contributed by atoms with Crippen molar-refractivity contribution in [3.05, 3.63) is 34.1 Å². The summed E-state index contributed by atoms with van der Waals surface area (Å²) in [5.74, 6) is 0.479. The lowest BCUT2D eigenvalue weighted by atomic mass is 9.91. The van der Waals surface area contributed by atoms with Crippen LogP contribution in [0.2, 0.25) is 0 Å². The molecule has 1 heterocycles. The molecule has 1 aromatic rings. The summed E-state index contributed by atoms with van der Waals surface area (Å²) in [6.07, 6.45) is 2.45. The molecule has 3 atom stereocenters. The van der Waals surface area contributed by atoms with Gasteiger partial charge in [-0.1, -0.05) is 22.9 Å². The number of nitrogens with zero attached hydrogens (tertiary/aromatic N) is 1. The quantitative estimate of drug-likeness (QED) is 0.916. The normalized spacial score (nSPS) is 26.4. The minimum atomic E-state index is -0.200. The zero-order chi connectivity index (χ0) is 14.0. The first-order chi connectivity index (χ1) is 9.02. The van der Waals surface area contributed by atoms with Gasteiger partial charge in [-0.05, 0) is 49.4 Å². The fourth-order valence-electron chi connectivity index (χ4n) is 2.97. The Bertz CT molecular complexity index is 438. The lowest BCUT2D eigenvalue weighted by Crippen LogP contribution is -2.45. The molecule has 0 aliphatic carbocycles. The van der Waals surface area contributed by atoms with Crippen LogP contribution in [0, 0.1) is 11.7 Å². The SMILES string of the molecule is CC1CCC(C)N(C(CN)c2cc(F)ccc2Br)C1. The lowest BCUT2D eigenvalue weighted by molar-refractivity contribution is 0.0794. The van der Waals surface area contributed by atoms with Gasteiger partial charge >= 0.3 is 0 Å². The highest BCUT2D eigenvalue weighted by Crippen LogP contribution is 2.33. The molecule has 1 aromatic carbocycles. The van der Waals surface area contributed by atoms with E-state index in [-0.39, 0.29) is 11.9 Å². The molecule has 0 amide bonds. The van der Waals surface area contributed by atoms with Crippen LogP contribution >= 0.6 is 15.9 Å². The maximum Gasteiger partial charge on any atom is 0.123 e. The second-order valence-electron chi connectivity index (χ2n) is 5.65. The molecule has 0 spiro atoms. The van der Waals surface area contributed by atoms with Gasteiger partial charge in [0.05, 0.1) is 0 Å². The molecular formula is C15H22BrFN2. The summed E-state index contributed by atoms with van der Waals surface area (Å²) >= 11 is 3.52. The molecule has 19 heavy (non-hydrogen) atoms. The van der Waals surface area contributed by atoms with Crippen LogP contribution in [0.15, 0.2) is 22.7 Å². The van der Waals surface area contributed by atoms with E-state index in [0.29, 0.717) is 18.5 Å². The molecule has 0 aromatic heterocycles. The molecular weight excluding hydrogens is 307 g/mol. The number of rotatable bonds is 3. The Kier molecular flexibility index (Phi) is 4.98. The first kappa shape index (κ1) is 14.9. The van der Waals surface area contributed by atoms with E-state index in [0.717, 1.165) is 16.6 Å². The summed E-state index contributed by atoms with van der Waals surface area (Å²) in [6, 6.07) is 5.44. The molecule has 0 radical (unpaired) electrons.